The molecule has 30 heavy (non-hydrogen) atoms. The van der Waals surface area contributed by atoms with Gasteiger partial charge in [0.2, 0.25) is 0 Å². The first-order chi connectivity index (χ1) is 14.1. The lowest BCUT2D eigenvalue weighted by atomic mass is 10.1. The molecule has 7 nitrogen and oxygen atoms in total. The molecule has 180 valence electrons. The number of allylic oxidation sites excluding steroid dienone is 1. The van der Waals surface area contributed by atoms with Gasteiger partial charge in [-0.2, -0.15) is 0 Å². The van der Waals surface area contributed by atoms with Crippen LogP contribution in [0.25, 0.3) is 0 Å². The zero-order valence-corrected chi connectivity index (χ0v) is 20.7. The van der Waals surface area contributed by atoms with Gasteiger partial charge in [0.1, 0.15) is 13.2 Å². The van der Waals surface area contributed by atoms with Gasteiger partial charge in [0.25, 0.3) is 7.82 Å². The van der Waals surface area contributed by atoms with Crippen molar-refractivity contribution < 1.29 is 28.1 Å². The molecule has 0 saturated heterocycles. The third-order valence-corrected chi connectivity index (χ3v) is 5.90. The maximum absolute atomic E-state index is 11.7. The van der Waals surface area contributed by atoms with Crippen molar-refractivity contribution in [2.24, 2.45) is 5.73 Å². The van der Waals surface area contributed by atoms with E-state index in [9.17, 15) is 14.6 Å². The lowest BCUT2D eigenvalue weighted by Gasteiger charge is -2.28. The Hall–Kier alpha value is -0.270. The molecule has 0 fully saturated rings. The minimum Gasteiger partial charge on any atom is -0.756 e. The molecular weight excluding hydrogens is 403 g/mol. The fourth-order valence-corrected chi connectivity index (χ4v) is 3.60. The molecule has 0 aliphatic heterocycles. The first-order valence-corrected chi connectivity index (χ1v) is 13.0. The molecule has 0 aromatic carbocycles. The van der Waals surface area contributed by atoms with Gasteiger partial charge >= 0.3 is 0 Å². The highest BCUT2D eigenvalue weighted by Gasteiger charge is 2.18. The van der Waals surface area contributed by atoms with Gasteiger partial charge in [-0.3, -0.25) is 4.57 Å². The zero-order chi connectivity index (χ0) is 22.9. The summed E-state index contributed by atoms with van der Waals surface area (Å²) in [6, 6.07) is -0.821. The number of nitrogens with two attached hydrogens (primary N) is 1. The van der Waals surface area contributed by atoms with Crippen molar-refractivity contribution in [1.29, 1.82) is 0 Å². The van der Waals surface area contributed by atoms with Gasteiger partial charge in [-0.05, 0) is 12.8 Å². The van der Waals surface area contributed by atoms with Crippen LogP contribution in [-0.2, 0) is 13.6 Å². The minimum atomic E-state index is -4.41. The van der Waals surface area contributed by atoms with E-state index in [0.29, 0.717) is 11.0 Å². The molecule has 1 unspecified atom stereocenters. The third-order valence-electron chi connectivity index (χ3n) is 4.93. The first kappa shape index (κ1) is 29.7. The molecule has 8 heteroatoms. The molecule has 3 atom stereocenters. The summed E-state index contributed by atoms with van der Waals surface area (Å²) in [6.45, 7) is 2.51. The van der Waals surface area contributed by atoms with Gasteiger partial charge in [0.15, 0.2) is 0 Å². The van der Waals surface area contributed by atoms with Crippen LogP contribution < -0.4 is 10.6 Å². The third kappa shape index (κ3) is 19.7. The van der Waals surface area contributed by atoms with Crippen molar-refractivity contribution in [1.82, 2.24) is 0 Å². The molecule has 0 aliphatic rings. The second-order valence-electron chi connectivity index (χ2n) is 9.14. The maximum Gasteiger partial charge on any atom is 0.268 e. The fraction of sp³-hybridized carbons (Fsp3) is 0.909. The Kier molecular flexibility index (Phi) is 17.1. The molecule has 0 rings (SSSR count). The van der Waals surface area contributed by atoms with Crippen LogP contribution in [0.4, 0.5) is 0 Å². The number of quaternary nitrogens is 1. The summed E-state index contributed by atoms with van der Waals surface area (Å²) in [4.78, 5) is 11.7. The van der Waals surface area contributed by atoms with Gasteiger partial charge in [0.05, 0.1) is 39.9 Å². The lowest BCUT2D eigenvalue weighted by molar-refractivity contribution is -0.870. The number of likely N-dealkylation sites (N-methyl/N-ethyl adjacent to an activating group) is 1. The Labute approximate surface area is 184 Å². The van der Waals surface area contributed by atoms with Crippen molar-refractivity contribution in [2.75, 3.05) is 40.9 Å². The Bertz CT molecular complexity index is 483. The minimum absolute atomic E-state index is 0.0425. The lowest BCUT2D eigenvalue weighted by Crippen LogP contribution is -2.39. The average molecular weight is 451 g/mol. The van der Waals surface area contributed by atoms with Crippen LogP contribution in [0.2, 0.25) is 0 Å². The molecular formula is C22H47N2O5P. The normalized spacial score (nSPS) is 16.6. The van der Waals surface area contributed by atoms with E-state index in [0.717, 1.165) is 12.8 Å². The van der Waals surface area contributed by atoms with E-state index in [1.165, 1.54) is 57.8 Å². The van der Waals surface area contributed by atoms with Crippen molar-refractivity contribution in [3.05, 3.63) is 12.2 Å². The predicted octanol–water partition coefficient (Wildman–Crippen LogP) is 3.75. The molecule has 0 spiro atoms. The highest BCUT2D eigenvalue weighted by molar-refractivity contribution is 7.45. The van der Waals surface area contributed by atoms with Crippen molar-refractivity contribution in [2.45, 2.75) is 89.7 Å². The van der Waals surface area contributed by atoms with Gasteiger partial charge in [-0.15, -0.1) is 0 Å². The smallest absolute Gasteiger partial charge is 0.268 e. The number of aliphatic hydroxyl groups excluding tert-OH is 1. The number of hydrogen-bond acceptors (Lipinski definition) is 6. The molecule has 0 heterocycles. The SMILES string of the molecule is CCCCCCCCCCCC/C=C/[C@@H](O)[C@@H](N)COP(=O)([O-])OCC[N+](C)(C)C. The van der Waals surface area contributed by atoms with E-state index in [-0.39, 0.29) is 13.2 Å². The zero-order valence-electron chi connectivity index (χ0n) is 19.8. The summed E-state index contributed by atoms with van der Waals surface area (Å²) in [7, 11) is 1.41. The molecule has 0 bridgehead atoms. The van der Waals surface area contributed by atoms with Crippen LogP contribution in [0.3, 0.4) is 0 Å². The van der Waals surface area contributed by atoms with Crippen LogP contribution in [0.5, 0.6) is 0 Å². The van der Waals surface area contributed by atoms with Crippen LogP contribution in [0.1, 0.15) is 77.6 Å². The van der Waals surface area contributed by atoms with E-state index in [1.807, 2.05) is 27.2 Å². The van der Waals surface area contributed by atoms with E-state index in [1.54, 1.807) is 6.08 Å². The summed E-state index contributed by atoms with van der Waals surface area (Å²) < 4.78 is 21.9. The van der Waals surface area contributed by atoms with Gasteiger partial charge in [-0.25, -0.2) is 0 Å². The Morgan fingerprint density at radius 3 is 2.07 bits per heavy atom. The molecule has 0 saturated carbocycles. The predicted molar refractivity (Wildman–Crippen MR) is 122 cm³/mol. The summed E-state index contributed by atoms with van der Waals surface area (Å²) in [6.07, 6.45) is 16.4. The quantitative estimate of drug-likeness (QED) is 0.127. The Morgan fingerprint density at radius 2 is 1.53 bits per heavy atom. The summed E-state index contributed by atoms with van der Waals surface area (Å²) in [5.41, 5.74) is 5.82. The molecule has 3 N–H and O–H groups in total. The number of unbranched alkanes of at least 4 members (excludes halogenated alkanes) is 10. The fourth-order valence-electron chi connectivity index (χ4n) is 2.87. The summed E-state index contributed by atoms with van der Waals surface area (Å²) in [5, 5.41) is 10.0. The number of aliphatic hydroxyl groups is 1. The van der Waals surface area contributed by atoms with Gasteiger partial charge in [-0.1, -0.05) is 76.9 Å². The topological polar surface area (TPSA) is 105 Å². The molecule has 0 aromatic rings. The Morgan fingerprint density at radius 1 is 1.00 bits per heavy atom. The standard InChI is InChI=1S/C22H47N2O5P/c1-5-6-7-8-9-10-11-12-13-14-15-16-17-22(25)21(23)20-29-30(26,27)28-19-18-24(2,3)4/h16-17,21-22,25H,5-15,18-20,23H2,1-4H3/b17-16+/t21-,22+/m0/s1. The van der Waals surface area contributed by atoms with Crippen molar-refractivity contribution in [3.63, 3.8) is 0 Å². The highest BCUT2D eigenvalue weighted by atomic mass is 31.2. The van der Waals surface area contributed by atoms with E-state index in [2.05, 4.69) is 6.92 Å². The molecule has 0 aromatic heterocycles. The second kappa shape index (κ2) is 17.3. The maximum atomic E-state index is 11.7. The number of phosphoric ester groups is 1. The average Bonchev–Trinajstić information content (AvgIpc) is 2.65. The van der Waals surface area contributed by atoms with E-state index >= 15 is 0 Å². The second-order valence-corrected chi connectivity index (χ2v) is 10.6. The monoisotopic (exact) mass is 450 g/mol. The van der Waals surface area contributed by atoms with Crippen molar-refractivity contribution >= 4 is 7.82 Å². The van der Waals surface area contributed by atoms with Gasteiger partial charge < -0.3 is 29.3 Å². The number of hydrogen-bond donors (Lipinski definition) is 2. The number of nitrogens with zero attached hydrogens (tertiary/aromatic N) is 1. The van der Waals surface area contributed by atoms with Crippen LogP contribution in [-0.4, -0.2) is 62.6 Å². The Balaban J connectivity index is 3.77. The van der Waals surface area contributed by atoms with Crippen LogP contribution in [0.15, 0.2) is 12.2 Å². The number of phosphoric acid groups is 1. The summed E-state index contributed by atoms with van der Waals surface area (Å²) >= 11 is 0. The largest absolute Gasteiger partial charge is 0.756 e. The first-order valence-electron chi connectivity index (χ1n) is 11.6. The van der Waals surface area contributed by atoms with Crippen molar-refractivity contribution in [3.8, 4) is 0 Å². The number of rotatable bonds is 20. The van der Waals surface area contributed by atoms with E-state index in [4.69, 9.17) is 14.8 Å². The summed E-state index contributed by atoms with van der Waals surface area (Å²) in [5.74, 6) is 0. The highest BCUT2D eigenvalue weighted by Crippen LogP contribution is 2.38. The van der Waals surface area contributed by atoms with Gasteiger partial charge in [0, 0.05) is 0 Å². The van der Waals surface area contributed by atoms with E-state index < -0.39 is 20.0 Å². The van der Waals surface area contributed by atoms with Crippen LogP contribution >= 0.6 is 7.82 Å². The molecule has 0 aliphatic carbocycles. The van der Waals surface area contributed by atoms with Crippen LogP contribution in [0, 0.1) is 0 Å². The molecule has 0 amide bonds. The molecule has 0 radical (unpaired) electrons.